The molecular weight excluding hydrogens is 358 g/mol. The highest BCUT2D eigenvalue weighted by Gasteiger charge is 2.25. The number of nitrogens with zero attached hydrogens (tertiary/aromatic N) is 5. The third-order valence-electron chi connectivity index (χ3n) is 4.50. The van der Waals surface area contributed by atoms with Crippen LogP contribution in [0.1, 0.15) is 21.9 Å². The number of hydrogen-bond acceptors (Lipinski definition) is 7. The van der Waals surface area contributed by atoms with Crippen molar-refractivity contribution < 1.29 is 9.53 Å². The molecule has 0 unspecified atom stereocenters. The molecule has 0 saturated carbocycles. The molecule has 2 aliphatic heterocycles. The van der Waals surface area contributed by atoms with Gasteiger partial charge >= 0.3 is 0 Å². The number of carbonyl (C=O) groups is 1. The predicted molar refractivity (Wildman–Crippen MR) is 97.0 cm³/mol. The largest absolute Gasteiger partial charge is 0.379 e. The molecule has 0 atom stereocenters. The Bertz CT molecular complexity index is 754. The first-order chi connectivity index (χ1) is 12.2. The number of thiazole rings is 1. The fourth-order valence-corrected chi connectivity index (χ4v) is 4.41. The van der Waals surface area contributed by atoms with Crippen LogP contribution < -0.4 is 0 Å². The van der Waals surface area contributed by atoms with E-state index in [1.54, 1.807) is 11.8 Å². The summed E-state index contributed by atoms with van der Waals surface area (Å²) in [5, 5.41) is 6.56. The maximum absolute atomic E-state index is 12.7. The Hall–Kier alpha value is -1.42. The number of thioether (sulfide) groups is 1. The third kappa shape index (κ3) is 3.74. The van der Waals surface area contributed by atoms with Crippen LogP contribution >= 0.6 is 23.1 Å². The number of carbonyl (C=O) groups excluding carboxylic acids is 1. The lowest BCUT2D eigenvalue weighted by molar-refractivity contribution is 0.0335. The number of rotatable bonds is 4. The summed E-state index contributed by atoms with van der Waals surface area (Å²) in [7, 11) is 0. The highest BCUT2D eigenvalue weighted by molar-refractivity contribution is 8.00. The standard InChI is InChI=1S/C16H21N5O2S2/c1-24-16-17-14(11-25-16)15(22)20-2-3-21-13(10-20)8-12(18-21)9-19-4-6-23-7-5-19/h8,11H,2-7,9-10H2,1H3. The Balaban J connectivity index is 1.43. The smallest absolute Gasteiger partial charge is 0.273 e. The van der Waals surface area contributed by atoms with E-state index in [0.29, 0.717) is 18.8 Å². The quantitative estimate of drug-likeness (QED) is 0.751. The Kier molecular flexibility index (Phi) is 5.07. The maximum Gasteiger partial charge on any atom is 0.273 e. The number of hydrogen-bond donors (Lipinski definition) is 0. The normalized spacial score (nSPS) is 18.4. The van der Waals surface area contributed by atoms with Crippen molar-refractivity contribution >= 4 is 29.0 Å². The molecule has 1 amide bonds. The van der Waals surface area contributed by atoms with Gasteiger partial charge in [0.2, 0.25) is 0 Å². The minimum Gasteiger partial charge on any atom is -0.379 e. The number of aromatic nitrogens is 3. The molecule has 0 bridgehead atoms. The van der Waals surface area contributed by atoms with Crippen molar-refractivity contribution in [3.63, 3.8) is 0 Å². The van der Waals surface area contributed by atoms with Gasteiger partial charge in [-0.1, -0.05) is 11.8 Å². The predicted octanol–water partition coefficient (Wildman–Crippen LogP) is 1.55. The van der Waals surface area contributed by atoms with Crippen molar-refractivity contribution in [2.45, 2.75) is 24.0 Å². The molecule has 25 heavy (non-hydrogen) atoms. The van der Waals surface area contributed by atoms with Crippen molar-refractivity contribution in [2.24, 2.45) is 0 Å². The zero-order valence-corrected chi connectivity index (χ0v) is 15.8. The lowest BCUT2D eigenvalue weighted by Gasteiger charge is -2.27. The van der Waals surface area contributed by atoms with Crippen molar-refractivity contribution in [2.75, 3.05) is 39.1 Å². The first-order valence-corrected chi connectivity index (χ1v) is 10.5. The van der Waals surface area contributed by atoms with Crippen LogP contribution in [0, 0.1) is 0 Å². The second-order valence-corrected chi connectivity index (χ2v) is 8.08. The molecule has 4 heterocycles. The van der Waals surface area contributed by atoms with Crippen LogP contribution in [-0.2, 0) is 24.4 Å². The molecular formula is C16H21N5O2S2. The lowest BCUT2D eigenvalue weighted by Crippen LogP contribution is -2.38. The zero-order valence-electron chi connectivity index (χ0n) is 14.2. The SMILES string of the molecule is CSc1nc(C(=O)N2CCn3nc(CN4CCOCC4)cc3C2)cs1. The van der Waals surface area contributed by atoms with E-state index in [9.17, 15) is 4.79 Å². The highest BCUT2D eigenvalue weighted by Crippen LogP contribution is 2.22. The first kappa shape index (κ1) is 17.0. The number of amides is 1. The first-order valence-electron chi connectivity index (χ1n) is 8.37. The summed E-state index contributed by atoms with van der Waals surface area (Å²) in [5.41, 5.74) is 2.73. The van der Waals surface area contributed by atoms with Crippen LogP contribution in [0.4, 0.5) is 0 Å². The zero-order chi connectivity index (χ0) is 17.2. The fraction of sp³-hybridized carbons (Fsp3) is 0.562. The van der Waals surface area contributed by atoms with Crippen molar-refractivity contribution in [1.82, 2.24) is 24.6 Å². The minimum atomic E-state index is 0.0127. The Labute approximate surface area is 155 Å². The summed E-state index contributed by atoms with van der Waals surface area (Å²) in [6.45, 7) is 6.35. The number of fused-ring (bicyclic) bond motifs is 1. The summed E-state index contributed by atoms with van der Waals surface area (Å²) < 4.78 is 8.36. The van der Waals surface area contributed by atoms with Crippen LogP contribution in [0.25, 0.3) is 0 Å². The second-order valence-electron chi connectivity index (χ2n) is 6.17. The van der Waals surface area contributed by atoms with Crippen LogP contribution in [0.3, 0.4) is 0 Å². The highest BCUT2D eigenvalue weighted by atomic mass is 32.2. The maximum atomic E-state index is 12.7. The average Bonchev–Trinajstić information content (AvgIpc) is 3.27. The lowest BCUT2D eigenvalue weighted by atomic mass is 10.2. The topological polar surface area (TPSA) is 63.5 Å². The molecule has 134 valence electrons. The summed E-state index contributed by atoms with van der Waals surface area (Å²) in [4.78, 5) is 21.3. The number of morpholine rings is 1. The van der Waals surface area contributed by atoms with Gasteiger partial charge < -0.3 is 9.64 Å². The molecule has 2 aromatic rings. The van der Waals surface area contributed by atoms with Gasteiger partial charge in [-0.3, -0.25) is 14.4 Å². The molecule has 1 fully saturated rings. The molecule has 1 saturated heterocycles. The second kappa shape index (κ2) is 7.45. The van der Waals surface area contributed by atoms with Crippen molar-refractivity contribution in [3.05, 3.63) is 28.5 Å². The molecule has 9 heteroatoms. The van der Waals surface area contributed by atoms with E-state index in [4.69, 9.17) is 9.84 Å². The molecule has 2 aliphatic rings. The van der Waals surface area contributed by atoms with Gasteiger partial charge in [-0.2, -0.15) is 5.10 Å². The van der Waals surface area contributed by atoms with Gasteiger partial charge in [0.15, 0.2) is 0 Å². The Morgan fingerprint density at radius 3 is 2.92 bits per heavy atom. The van der Waals surface area contributed by atoms with E-state index in [1.807, 2.05) is 21.2 Å². The van der Waals surface area contributed by atoms with Gasteiger partial charge in [0.25, 0.3) is 5.91 Å². The minimum absolute atomic E-state index is 0.0127. The van der Waals surface area contributed by atoms with E-state index in [-0.39, 0.29) is 5.91 Å². The van der Waals surface area contributed by atoms with E-state index in [2.05, 4.69) is 16.0 Å². The van der Waals surface area contributed by atoms with Gasteiger partial charge in [-0.15, -0.1) is 11.3 Å². The molecule has 4 rings (SSSR count). The van der Waals surface area contributed by atoms with E-state index in [0.717, 1.165) is 55.1 Å². The average molecular weight is 380 g/mol. The van der Waals surface area contributed by atoms with Gasteiger partial charge in [0.1, 0.15) is 10.0 Å². The molecule has 0 spiro atoms. The van der Waals surface area contributed by atoms with Crippen molar-refractivity contribution in [3.8, 4) is 0 Å². The van der Waals surface area contributed by atoms with Crippen LogP contribution in [0.5, 0.6) is 0 Å². The molecule has 0 radical (unpaired) electrons. The van der Waals surface area contributed by atoms with Gasteiger partial charge in [-0.05, 0) is 12.3 Å². The Morgan fingerprint density at radius 2 is 2.16 bits per heavy atom. The molecule has 0 aliphatic carbocycles. The fourth-order valence-electron chi connectivity index (χ4n) is 3.18. The van der Waals surface area contributed by atoms with E-state index < -0.39 is 0 Å². The summed E-state index contributed by atoms with van der Waals surface area (Å²) in [6, 6.07) is 2.13. The molecule has 0 N–H and O–H groups in total. The van der Waals surface area contributed by atoms with Crippen LogP contribution in [0.15, 0.2) is 15.8 Å². The van der Waals surface area contributed by atoms with Gasteiger partial charge in [0, 0.05) is 31.6 Å². The van der Waals surface area contributed by atoms with E-state index >= 15 is 0 Å². The summed E-state index contributed by atoms with van der Waals surface area (Å²) in [6.07, 6.45) is 1.97. The van der Waals surface area contributed by atoms with Crippen LogP contribution in [0.2, 0.25) is 0 Å². The summed E-state index contributed by atoms with van der Waals surface area (Å²) >= 11 is 3.09. The van der Waals surface area contributed by atoms with Gasteiger partial charge in [-0.25, -0.2) is 4.98 Å². The Morgan fingerprint density at radius 1 is 1.32 bits per heavy atom. The van der Waals surface area contributed by atoms with Crippen molar-refractivity contribution in [1.29, 1.82) is 0 Å². The number of ether oxygens (including phenoxy) is 1. The summed E-state index contributed by atoms with van der Waals surface area (Å²) in [5.74, 6) is 0.0127. The molecule has 2 aromatic heterocycles. The molecule has 0 aromatic carbocycles. The third-order valence-corrected chi connectivity index (χ3v) is 6.37. The molecule has 7 nitrogen and oxygen atoms in total. The van der Waals surface area contributed by atoms with Crippen LogP contribution in [-0.4, -0.2) is 69.6 Å². The van der Waals surface area contributed by atoms with E-state index in [1.165, 1.54) is 11.3 Å². The monoisotopic (exact) mass is 379 g/mol. The van der Waals surface area contributed by atoms with Gasteiger partial charge in [0.05, 0.1) is 37.7 Å².